The Bertz CT molecular complexity index is 903. The molecule has 0 amide bonds. The minimum Gasteiger partial charge on any atom is -0.486 e. The van der Waals surface area contributed by atoms with Crippen LogP contribution in [-0.2, 0) is 13.7 Å². The molecular weight excluding hydrogens is 326 g/mol. The molecule has 26 heavy (non-hydrogen) atoms. The Balaban J connectivity index is 1.42. The zero-order valence-corrected chi connectivity index (χ0v) is 15.1. The molecule has 3 N–H and O–H groups in total. The van der Waals surface area contributed by atoms with Gasteiger partial charge in [-0.25, -0.2) is 4.98 Å². The van der Waals surface area contributed by atoms with Crippen LogP contribution >= 0.6 is 0 Å². The fourth-order valence-electron chi connectivity index (χ4n) is 3.89. The Morgan fingerprint density at radius 3 is 2.69 bits per heavy atom. The second-order valence-corrected chi connectivity index (χ2v) is 7.39. The minimum atomic E-state index is -0.417. The van der Waals surface area contributed by atoms with Crippen LogP contribution in [0.5, 0.6) is 5.75 Å². The molecule has 1 aromatic heterocycles. The summed E-state index contributed by atoms with van der Waals surface area (Å²) in [5.74, 6) is 2.16. The third-order valence-electron chi connectivity index (χ3n) is 5.56. The smallest absolute Gasteiger partial charge is 0.147 e. The van der Waals surface area contributed by atoms with Crippen molar-refractivity contribution in [3.63, 3.8) is 0 Å². The van der Waals surface area contributed by atoms with Gasteiger partial charge in [0.15, 0.2) is 0 Å². The topological polar surface area (TPSA) is 73.3 Å². The lowest BCUT2D eigenvalue weighted by atomic mass is 9.94. The average molecular weight is 351 g/mol. The first-order chi connectivity index (χ1) is 12.6. The third kappa shape index (κ3) is 3.20. The van der Waals surface area contributed by atoms with E-state index < -0.39 is 5.54 Å². The predicted molar refractivity (Wildman–Crippen MR) is 102 cm³/mol. The van der Waals surface area contributed by atoms with Crippen molar-refractivity contribution in [2.45, 2.75) is 37.3 Å². The van der Waals surface area contributed by atoms with E-state index in [-0.39, 0.29) is 6.61 Å². The summed E-state index contributed by atoms with van der Waals surface area (Å²) >= 11 is 0. The molecule has 0 radical (unpaired) electrons. The number of hydrogen-bond donors (Lipinski definition) is 2. The van der Waals surface area contributed by atoms with Gasteiger partial charge in [0, 0.05) is 12.6 Å². The van der Waals surface area contributed by atoms with E-state index in [4.69, 9.17) is 10.5 Å². The van der Waals surface area contributed by atoms with Gasteiger partial charge in [-0.1, -0.05) is 24.3 Å². The standard InChI is InChI=1S/C21H25N3O2/c1-24-19-5-3-2-4-18(19)23-20(24)13-26-17-8-6-15(7-9-17)16-10-11-21(22,12-16)14-25/h2-9,16,25H,10-14,22H2,1H3/t16-,21+/m1/s1. The van der Waals surface area contributed by atoms with Crippen LogP contribution in [0, 0.1) is 0 Å². The van der Waals surface area contributed by atoms with Gasteiger partial charge in [-0.15, -0.1) is 0 Å². The van der Waals surface area contributed by atoms with Crippen LogP contribution < -0.4 is 10.5 Å². The fourth-order valence-corrected chi connectivity index (χ4v) is 3.89. The number of aromatic nitrogens is 2. The zero-order chi connectivity index (χ0) is 18.1. The van der Waals surface area contributed by atoms with Crippen molar-refractivity contribution in [3.8, 4) is 5.75 Å². The predicted octanol–water partition coefficient (Wildman–Crippen LogP) is 3.11. The SMILES string of the molecule is Cn1c(COc2ccc([C@@H]3CC[C@@](N)(CO)C3)cc2)nc2ccccc21. The summed E-state index contributed by atoms with van der Waals surface area (Å²) in [6.45, 7) is 0.493. The summed E-state index contributed by atoms with van der Waals surface area (Å²) in [4.78, 5) is 4.63. The monoisotopic (exact) mass is 351 g/mol. The van der Waals surface area contributed by atoms with Crippen molar-refractivity contribution in [2.24, 2.45) is 12.8 Å². The number of benzene rings is 2. The summed E-state index contributed by atoms with van der Waals surface area (Å²) in [6, 6.07) is 16.3. The summed E-state index contributed by atoms with van der Waals surface area (Å²) < 4.78 is 8.00. The number of aliphatic hydroxyl groups excluding tert-OH is 1. The van der Waals surface area contributed by atoms with Gasteiger partial charge in [-0.05, 0) is 55.0 Å². The third-order valence-corrected chi connectivity index (χ3v) is 5.56. The van der Waals surface area contributed by atoms with E-state index in [2.05, 4.69) is 27.8 Å². The van der Waals surface area contributed by atoms with E-state index in [1.54, 1.807) is 0 Å². The molecule has 5 nitrogen and oxygen atoms in total. The van der Waals surface area contributed by atoms with Gasteiger partial charge >= 0.3 is 0 Å². The molecule has 1 aliphatic carbocycles. The number of rotatable bonds is 5. The van der Waals surface area contributed by atoms with Crippen molar-refractivity contribution < 1.29 is 9.84 Å². The summed E-state index contributed by atoms with van der Waals surface area (Å²) in [5, 5.41) is 9.43. The number of nitrogens with zero attached hydrogens (tertiary/aromatic N) is 2. The Kier molecular flexibility index (Phi) is 4.42. The highest BCUT2D eigenvalue weighted by atomic mass is 16.5. The van der Waals surface area contributed by atoms with Crippen LogP contribution in [0.3, 0.4) is 0 Å². The molecule has 0 aliphatic heterocycles. The van der Waals surface area contributed by atoms with Crippen LogP contribution in [-0.4, -0.2) is 26.8 Å². The molecule has 0 saturated heterocycles. The summed E-state index contributed by atoms with van der Waals surface area (Å²) in [6.07, 6.45) is 2.74. The van der Waals surface area contributed by atoms with E-state index in [0.717, 1.165) is 41.9 Å². The Morgan fingerprint density at radius 2 is 2.00 bits per heavy atom. The highest BCUT2D eigenvalue weighted by molar-refractivity contribution is 5.75. The lowest BCUT2D eigenvalue weighted by molar-refractivity contribution is 0.198. The van der Waals surface area contributed by atoms with Gasteiger partial charge in [0.2, 0.25) is 0 Å². The second kappa shape index (κ2) is 6.74. The maximum atomic E-state index is 9.43. The molecule has 1 saturated carbocycles. The van der Waals surface area contributed by atoms with Crippen LogP contribution in [0.4, 0.5) is 0 Å². The summed E-state index contributed by atoms with van der Waals surface area (Å²) in [5.41, 5.74) is 9.13. The second-order valence-electron chi connectivity index (χ2n) is 7.39. The number of para-hydroxylation sites is 2. The molecule has 0 unspecified atom stereocenters. The number of hydrogen-bond acceptors (Lipinski definition) is 4. The van der Waals surface area contributed by atoms with Gasteiger partial charge in [-0.3, -0.25) is 0 Å². The van der Waals surface area contributed by atoms with Crippen molar-refractivity contribution >= 4 is 11.0 Å². The number of nitrogens with two attached hydrogens (primary N) is 1. The molecule has 5 heteroatoms. The normalized spacial score (nSPS) is 22.8. The van der Waals surface area contributed by atoms with Crippen molar-refractivity contribution in [3.05, 3.63) is 59.9 Å². The molecule has 3 aromatic rings. The lowest BCUT2D eigenvalue weighted by Crippen LogP contribution is -2.40. The fraction of sp³-hybridized carbons (Fsp3) is 0.381. The molecular formula is C21H25N3O2. The van der Waals surface area contributed by atoms with Crippen molar-refractivity contribution in [1.82, 2.24) is 9.55 Å². The van der Waals surface area contributed by atoms with Gasteiger partial charge in [0.1, 0.15) is 18.2 Å². The molecule has 2 aromatic carbocycles. The van der Waals surface area contributed by atoms with Crippen LogP contribution in [0.2, 0.25) is 0 Å². The van der Waals surface area contributed by atoms with Gasteiger partial charge in [-0.2, -0.15) is 0 Å². The van der Waals surface area contributed by atoms with Crippen LogP contribution in [0.25, 0.3) is 11.0 Å². The quantitative estimate of drug-likeness (QED) is 0.741. The lowest BCUT2D eigenvalue weighted by Gasteiger charge is -2.21. The number of aliphatic hydroxyl groups is 1. The Morgan fingerprint density at radius 1 is 1.23 bits per heavy atom. The Labute approximate surface area is 153 Å². The molecule has 0 spiro atoms. The average Bonchev–Trinajstić information content (AvgIpc) is 3.22. The molecule has 1 heterocycles. The molecule has 1 aliphatic rings. The minimum absolute atomic E-state index is 0.0582. The molecule has 136 valence electrons. The maximum Gasteiger partial charge on any atom is 0.147 e. The van der Waals surface area contributed by atoms with Crippen LogP contribution in [0.15, 0.2) is 48.5 Å². The first-order valence-corrected chi connectivity index (χ1v) is 9.11. The number of imidazole rings is 1. The molecule has 4 rings (SSSR count). The van der Waals surface area contributed by atoms with Gasteiger partial charge in [0.25, 0.3) is 0 Å². The largest absolute Gasteiger partial charge is 0.486 e. The first-order valence-electron chi connectivity index (χ1n) is 9.11. The molecule has 0 bridgehead atoms. The van der Waals surface area contributed by atoms with E-state index in [1.807, 2.05) is 37.4 Å². The van der Waals surface area contributed by atoms with Gasteiger partial charge in [0.05, 0.1) is 17.6 Å². The molecule has 1 fully saturated rings. The van der Waals surface area contributed by atoms with Crippen molar-refractivity contribution in [1.29, 1.82) is 0 Å². The van der Waals surface area contributed by atoms with E-state index in [0.29, 0.717) is 12.5 Å². The van der Waals surface area contributed by atoms with E-state index in [1.165, 1.54) is 5.56 Å². The van der Waals surface area contributed by atoms with Crippen LogP contribution in [0.1, 0.15) is 36.6 Å². The highest BCUT2D eigenvalue weighted by Crippen LogP contribution is 2.39. The Hall–Kier alpha value is -2.37. The van der Waals surface area contributed by atoms with E-state index >= 15 is 0 Å². The number of aryl methyl sites for hydroxylation is 1. The first kappa shape index (κ1) is 17.1. The zero-order valence-electron chi connectivity index (χ0n) is 15.1. The van der Waals surface area contributed by atoms with E-state index in [9.17, 15) is 5.11 Å². The maximum absolute atomic E-state index is 9.43. The number of ether oxygens (including phenoxy) is 1. The van der Waals surface area contributed by atoms with Crippen molar-refractivity contribution in [2.75, 3.05) is 6.61 Å². The van der Waals surface area contributed by atoms with Gasteiger partial charge < -0.3 is 20.1 Å². The summed E-state index contributed by atoms with van der Waals surface area (Å²) in [7, 11) is 2.01. The highest BCUT2D eigenvalue weighted by Gasteiger charge is 2.35. The molecule has 2 atom stereocenters. The number of fused-ring (bicyclic) bond motifs is 1.